The number of hydrogen-bond acceptors (Lipinski definition) is 7. The van der Waals surface area contributed by atoms with Crippen LogP contribution in [0.25, 0.3) is 0 Å². The zero-order chi connectivity index (χ0) is 26.0. The summed E-state index contributed by atoms with van der Waals surface area (Å²) in [6, 6.07) is 25.9. The summed E-state index contributed by atoms with van der Waals surface area (Å²) in [5, 5.41) is 3.43. The first-order chi connectivity index (χ1) is 18.0. The zero-order valence-corrected chi connectivity index (χ0v) is 21.1. The van der Waals surface area contributed by atoms with Gasteiger partial charge in [0, 0.05) is 17.4 Å². The largest absolute Gasteiger partial charge is 0.457 e. The number of aromatic nitrogens is 1. The molecule has 37 heavy (non-hydrogen) atoms. The van der Waals surface area contributed by atoms with Crippen molar-refractivity contribution >= 4 is 29.1 Å². The SMILES string of the molecule is CSc1ncccc1C(=O)NC(COCc1ccccc1)C(=O)c1ccc(Oc2ccc(N)cc2)cc1. The van der Waals surface area contributed by atoms with E-state index < -0.39 is 6.04 Å². The Hall–Kier alpha value is -4.14. The topological polar surface area (TPSA) is 104 Å². The maximum Gasteiger partial charge on any atom is 0.254 e. The Labute approximate surface area is 220 Å². The molecule has 3 N–H and O–H groups in total. The first-order valence-corrected chi connectivity index (χ1v) is 12.8. The van der Waals surface area contributed by atoms with Crippen LogP contribution in [0.15, 0.2) is 102 Å². The minimum absolute atomic E-state index is 0.0119. The number of rotatable bonds is 11. The number of carbonyl (C=O) groups excluding carboxylic acids is 2. The van der Waals surface area contributed by atoms with E-state index in [-0.39, 0.29) is 18.3 Å². The molecule has 4 rings (SSSR count). The fourth-order valence-corrected chi connectivity index (χ4v) is 4.12. The third kappa shape index (κ3) is 7.19. The van der Waals surface area contributed by atoms with Crippen molar-refractivity contribution in [2.24, 2.45) is 0 Å². The van der Waals surface area contributed by atoms with Crippen molar-refractivity contribution in [1.29, 1.82) is 0 Å². The number of amides is 1. The Morgan fingerprint density at radius 3 is 2.27 bits per heavy atom. The molecule has 0 radical (unpaired) electrons. The lowest BCUT2D eigenvalue weighted by Gasteiger charge is -2.19. The van der Waals surface area contributed by atoms with Gasteiger partial charge >= 0.3 is 0 Å². The maximum atomic E-state index is 13.4. The second-order valence-electron chi connectivity index (χ2n) is 8.15. The molecule has 0 saturated heterocycles. The summed E-state index contributed by atoms with van der Waals surface area (Å²) < 4.78 is 11.7. The summed E-state index contributed by atoms with van der Waals surface area (Å²) in [5.41, 5.74) is 8.17. The molecule has 1 unspecified atom stereocenters. The molecule has 188 valence electrons. The van der Waals surface area contributed by atoms with Gasteiger partial charge in [0.1, 0.15) is 22.6 Å². The highest BCUT2D eigenvalue weighted by Crippen LogP contribution is 2.23. The number of ether oxygens (including phenoxy) is 2. The van der Waals surface area contributed by atoms with Crippen LogP contribution in [0, 0.1) is 0 Å². The summed E-state index contributed by atoms with van der Waals surface area (Å²) in [5.74, 6) is 0.549. The van der Waals surface area contributed by atoms with Crippen molar-refractivity contribution in [3.05, 3.63) is 114 Å². The number of nitrogens with one attached hydrogen (secondary N) is 1. The molecule has 0 aliphatic rings. The highest BCUT2D eigenvalue weighted by Gasteiger charge is 2.24. The van der Waals surface area contributed by atoms with Crippen molar-refractivity contribution in [2.45, 2.75) is 17.7 Å². The van der Waals surface area contributed by atoms with E-state index in [1.165, 1.54) is 11.8 Å². The van der Waals surface area contributed by atoms with Crippen LogP contribution in [0.5, 0.6) is 11.5 Å². The molecule has 0 aliphatic heterocycles. The number of anilines is 1. The molecule has 1 aromatic heterocycles. The number of nitrogens with two attached hydrogens (primary N) is 1. The predicted octanol–water partition coefficient (Wildman–Crippen LogP) is 5.38. The molecular weight excluding hydrogens is 486 g/mol. The molecule has 1 atom stereocenters. The van der Waals surface area contributed by atoms with Crippen LogP contribution in [0.1, 0.15) is 26.3 Å². The van der Waals surface area contributed by atoms with Crippen molar-refractivity contribution in [3.8, 4) is 11.5 Å². The van der Waals surface area contributed by atoms with Crippen molar-refractivity contribution in [3.63, 3.8) is 0 Å². The summed E-state index contributed by atoms with van der Waals surface area (Å²) >= 11 is 1.36. The van der Waals surface area contributed by atoms with Gasteiger partial charge in [0.05, 0.1) is 18.8 Å². The maximum absolute atomic E-state index is 13.4. The number of hydrogen-bond donors (Lipinski definition) is 2. The second kappa shape index (κ2) is 12.7. The van der Waals surface area contributed by atoms with Crippen LogP contribution < -0.4 is 15.8 Å². The summed E-state index contributed by atoms with van der Waals surface area (Å²) in [6.07, 6.45) is 3.47. The lowest BCUT2D eigenvalue weighted by molar-refractivity contribution is 0.0670. The van der Waals surface area contributed by atoms with E-state index in [2.05, 4.69) is 10.3 Å². The average Bonchev–Trinajstić information content (AvgIpc) is 2.94. The van der Waals surface area contributed by atoms with Gasteiger partial charge in [0.2, 0.25) is 0 Å². The molecule has 7 nitrogen and oxygen atoms in total. The molecular formula is C29H27N3O4S. The molecule has 4 aromatic rings. The van der Waals surface area contributed by atoms with Crippen LogP contribution in [0.2, 0.25) is 0 Å². The quantitative estimate of drug-likeness (QED) is 0.158. The number of Topliss-reactive ketones (excluding diaryl/α,β-unsaturated/α-hetero) is 1. The third-order valence-corrected chi connectivity index (χ3v) is 6.19. The minimum Gasteiger partial charge on any atom is -0.457 e. The van der Waals surface area contributed by atoms with Gasteiger partial charge in [-0.1, -0.05) is 30.3 Å². The van der Waals surface area contributed by atoms with Crippen LogP contribution in [0.4, 0.5) is 5.69 Å². The highest BCUT2D eigenvalue weighted by molar-refractivity contribution is 7.98. The van der Waals surface area contributed by atoms with Crippen molar-refractivity contribution in [2.75, 3.05) is 18.6 Å². The van der Waals surface area contributed by atoms with E-state index in [0.717, 1.165) is 5.56 Å². The van der Waals surface area contributed by atoms with Gasteiger partial charge < -0.3 is 20.5 Å². The molecule has 1 heterocycles. The Morgan fingerprint density at radius 1 is 0.919 bits per heavy atom. The van der Waals surface area contributed by atoms with E-state index >= 15 is 0 Å². The average molecular weight is 514 g/mol. The number of benzene rings is 3. The van der Waals surface area contributed by atoms with Gasteiger partial charge in [-0.25, -0.2) is 4.98 Å². The van der Waals surface area contributed by atoms with Gasteiger partial charge in [-0.2, -0.15) is 0 Å². The molecule has 0 saturated carbocycles. The second-order valence-corrected chi connectivity index (χ2v) is 8.94. The Bertz CT molecular complexity index is 1330. The van der Waals surface area contributed by atoms with E-state index in [9.17, 15) is 9.59 Å². The molecule has 8 heteroatoms. The van der Waals surface area contributed by atoms with E-state index in [1.54, 1.807) is 66.9 Å². The number of nitrogens with zero attached hydrogens (tertiary/aromatic N) is 1. The van der Waals surface area contributed by atoms with Crippen LogP contribution in [-0.4, -0.2) is 35.6 Å². The molecule has 1 amide bonds. The van der Waals surface area contributed by atoms with Crippen LogP contribution >= 0.6 is 11.8 Å². The normalized spacial score (nSPS) is 11.5. The number of thioether (sulfide) groups is 1. The smallest absolute Gasteiger partial charge is 0.254 e. The standard InChI is InChI=1S/C29H27N3O4S/c1-37-29-25(8-5-17-31-29)28(34)32-26(19-35-18-20-6-3-2-4-7-20)27(33)21-9-13-23(14-10-21)36-24-15-11-22(30)12-16-24/h2-17,26H,18-19,30H2,1H3,(H,32,34). The lowest BCUT2D eigenvalue weighted by Crippen LogP contribution is -2.44. The Morgan fingerprint density at radius 2 is 1.59 bits per heavy atom. The first-order valence-electron chi connectivity index (χ1n) is 11.6. The Balaban J connectivity index is 1.48. The van der Waals surface area contributed by atoms with Gasteiger partial charge in [-0.15, -0.1) is 11.8 Å². The molecule has 0 bridgehead atoms. The number of carbonyl (C=O) groups is 2. The Kier molecular flexibility index (Phi) is 8.91. The molecule has 0 fully saturated rings. The summed E-state index contributed by atoms with van der Waals surface area (Å²) in [6.45, 7) is 0.329. The number of ketones is 1. The van der Waals surface area contributed by atoms with Gasteiger partial charge in [0.25, 0.3) is 5.91 Å². The molecule has 0 spiro atoms. The fraction of sp³-hybridized carbons (Fsp3) is 0.138. The third-order valence-electron chi connectivity index (χ3n) is 5.48. The van der Waals surface area contributed by atoms with Crippen molar-refractivity contribution < 1.29 is 19.1 Å². The van der Waals surface area contributed by atoms with Crippen molar-refractivity contribution in [1.82, 2.24) is 10.3 Å². The molecule has 3 aromatic carbocycles. The van der Waals surface area contributed by atoms with E-state index in [4.69, 9.17) is 15.2 Å². The number of pyridine rings is 1. The minimum atomic E-state index is -0.894. The number of nitrogen functional groups attached to an aromatic ring is 1. The van der Waals surface area contributed by atoms with E-state index in [1.807, 2.05) is 36.6 Å². The zero-order valence-electron chi connectivity index (χ0n) is 20.3. The summed E-state index contributed by atoms with van der Waals surface area (Å²) in [7, 11) is 0. The molecule has 0 aliphatic carbocycles. The highest BCUT2D eigenvalue weighted by atomic mass is 32.2. The van der Waals surface area contributed by atoms with Gasteiger partial charge in [-0.3, -0.25) is 9.59 Å². The summed E-state index contributed by atoms with van der Waals surface area (Å²) in [4.78, 5) is 30.8. The van der Waals surface area contributed by atoms with Crippen LogP contribution in [-0.2, 0) is 11.3 Å². The van der Waals surface area contributed by atoms with Gasteiger partial charge in [-0.05, 0) is 72.5 Å². The predicted molar refractivity (Wildman–Crippen MR) is 145 cm³/mol. The fourth-order valence-electron chi connectivity index (χ4n) is 3.57. The lowest BCUT2D eigenvalue weighted by atomic mass is 10.0. The van der Waals surface area contributed by atoms with E-state index in [0.29, 0.717) is 39.9 Å². The van der Waals surface area contributed by atoms with Gasteiger partial charge in [0.15, 0.2) is 5.78 Å². The van der Waals surface area contributed by atoms with Crippen LogP contribution in [0.3, 0.4) is 0 Å². The first kappa shape index (κ1) is 25.9. The monoisotopic (exact) mass is 513 g/mol.